The number of aryl methyl sites for hydroxylation is 2. The SMILES string of the molecule is CCNCc1c(C)nc(-c2cnc3ccsc3c2)nc1C. The molecule has 0 fully saturated rings. The predicted molar refractivity (Wildman–Crippen MR) is 87.5 cm³/mol. The highest BCUT2D eigenvalue weighted by Gasteiger charge is 2.10. The lowest BCUT2D eigenvalue weighted by Crippen LogP contribution is -2.15. The Morgan fingerprint density at radius 2 is 1.95 bits per heavy atom. The molecule has 0 saturated heterocycles. The second-order valence-electron chi connectivity index (χ2n) is 5.00. The molecule has 0 aromatic carbocycles. The number of nitrogens with zero attached hydrogens (tertiary/aromatic N) is 3. The van der Waals surface area contributed by atoms with Crippen LogP contribution in [0.1, 0.15) is 23.9 Å². The number of nitrogens with one attached hydrogen (secondary N) is 1. The first-order chi connectivity index (χ1) is 10.2. The molecule has 0 aliphatic heterocycles. The minimum atomic E-state index is 0.757. The summed E-state index contributed by atoms with van der Waals surface area (Å²) in [5.74, 6) is 0.757. The van der Waals surface area contributed by atoms with E-state index < -0.39 is 0 Å². The first-order valence-electron chi connectivity index (χ1n) is 7.07. The van der Waals surface area contributed by atoms with Crippen LogP contribution in [-0.4, -0.2) is 21.5 Å². The second-order valence-corrected chi connectivity index (χ2v) is 5.95. The largest absolute Gasteiger partial charge is 0.313 e. The van der Waals surface area contributed by atoms with E-state index in [1.54, 1.807) is 11.3 Å². The monoisotopic (exact) mass is 298 g/mol. The summed E-state index contributed by atoms with van der Waals surface area (Å²) in [6.07, 6.45) is 1.85. The van der Waals surface area contributed by atoms with Gasteiger partial charge in [0.05, 0.1) is 10.2 Å². The molecular weight excluding hydrogens is 280 g/mol. The highest BCUT2D eigenvalue weighted by molar-refractivity contribution is 7.17. The van der Waals surface area contributed by atoms with Crippen LogP contribution >= 0.6 is 11.3 Å². The normalized spacial score (nSPS) is 11.2. The molecule has 0 saturated carbocycles. The summed E-state index contributed by atoms with van der Waals surface area (Å²) in [7, 11) is 0. The van der Waals surface area contributed by atoms with E-state index in [9.17, 15) is 0 Å². The van der Waals surface area contributed by atoms with Crippen LogP contribution < -0.4 is 5.32 Å². The molecule has 0 bridgehead atoms. The summed E-state index contributed by atoms with van der Waals surface area (Å²) in [4.78, 5) is 13.8. The molecule has 0 aliphatic carbocycles. The molecule has 0 spiro atoms. The fourth-order valence-corrected chi connectivity index (χ4v) is 3.12. The van der Waals surface area contributed by atoms with E-state index in [0.717, 1.165) is 41.4 Å². The third kappa shape index (κ3) is 2.80. The van der Waals surface area contributed by atoms with Crippen molar-refractivity contribution in [2.45, 2.75) is 27.3 Å². The van der Waals surface area contributed by atoms with Crippen LogP contribution in [0.3, 0.4) is 0 Å². The van der Waals surface area contributed by atoms with Gasteiger partial charge in [0.2, 0.25) is 0 Å². The molecule has 3 rings (SSSR count). The average Bonchev–Trinajstić information content (AvgIpc) is 2.93. The van der Waals surface area contributed by atoms with Gasteiger partial charge in [-0.05, 0) is 37.9 Å². The first kappa shape index (κ1) is 14.1. The summed E-state index contributed by atoms with van der Waals surface area (Å²) in [5, 5.41) is 5.39. The Morgan fingerprint density at radius 3 is 2.67 bits per heavy atom. The third-order valence-electron chi connectivity index (χ3n) is 3.53. The van der Waals surface area contributed by atoms with E-state index in [2.05, 4.69) is 38.6 Å². The van der Waals surface area contributed by atoms with Gasteiger partial charge in [0.15, 0.2) is 5.82 Å². The predicted octanol–water partition coefficient (Wildman–Crippen LogP) is 3.48. The molecule has 0 amide bonds. The first-order valence-corrected chi connectivity index (χ1v) is 7.95. The van der Waals surface area contributed by atoms with Gasteiger partial charge in [-0.15, -0.1) is 11.3 Å². The molecule has 108 valence electrons. The Bertz CT molecular complexity index is 756. The highest BCUT2D eigenvalue weighted by atomic mass is 32.1. The van der Waals surface area contributed by atoms with Crippen molar-refractivity contribution in [3.63, 3.8) is 0 Å². The van der Waals surface area contributed by atoms with Gasteiger partial charge < -0.3 is 5.32 Å². The lowest BCUT2D eigenvalue weighted by atomic mass is 10.1. The molecule has 0 unspecified atom stereocenters. The molecule has 0 atom stereocenters. The van der Waals surface area contributed by atoms with Crippen LogP contribution in [0.15, 0.2) is 23.7 Å². The van der Waals surface area contributed by atoms with Crippen molar-refractivity contribution >= 4 is 21.6 Å². The zero-order valence-corrected chi connectivity index (χ0v) is 13.3. The van der Waals surface area contributed by atoms with Crippen molar-refractivity contribution in [2.75, 3.05) is 6.54 Å². The van der Waals surface area contributed by atoms with Crippen molar-refractivity contribution < 1.29 is 0 Å². The van der Waals surface area contributed by atoms with Gasteiger partial charge >= 0.3 is 0 Å². The molecule has 3 heterocycles. The summed E-state index contributed by atoms with van der Waals surface area (Å²) in [6, 6.07) is 4.14. The molecule has 1 N–H and O–H groups in total. The van der Waals surface area contributed by atoms with Crippen LogP contribution in [-0.2, 0) is 6.54 Å². The van der Waals surface area contributed by atoms with E-state index in [-0.39, 0.29) is 0 Å². The average molecular weight is 298 g/mol. The van der Waals surface area contributed by atoms with Crippen molar-refractivity contribution in [3.8, 4) is 11.4 Å². The maximum absolute atomic E-state index is 4.66. The minimum Gasteiger partial charge on any atom is -0.313 e. The molecule has 5 heteroatoms. The van der Waals surface area contributed by atoms with Gasteiger partial charge in [-0.3, -0.25) is 4.98 Å². The topological polar surface area (TPSA) is 50.7 Å². The van der Waals surface area contributed by atoms with Crippen LogP contribution in [0.25, 0.3) is 21.6 Å². The van der Waals surface area contributed by atoms with Gasteiger partial charge in [-0.1, -0.05) is 6.92 Å². The minimum absolute atomic E-state index is 0.757. The Balaban J connectivity index is 2.02. The maximum Gasteiger partial charge on any atom is 0.161 e. The van der Waals surface area contributed by atoms with E-state index >= 15 is 0 Å². The van der Waals surface area contributed by atoms with Crippen LogP contribution in [0.2, 0.25) is 0 Å². The molecule has 21 heavy (non-hydrogen) atoms. The number of pyridine rings is 1. The summed E-state index contributed by atoms with van der Waals surface area (Å²) >= 11 is 1.69. The zero-order chi connectivity index (χ0) is 14.8. The van der Waals surface area contributed by atoms with Gasteiger partial charge in [0.1, 0.15) is 0 Å². The standard InChI is InChI=1S/C16H18N4S/c1-4-17-9-13-10(2)19-16(20-11(13)3)12-7-15-14(18-8-12)5-6-21-15/h5-8,17H,4,9H2,1-3H3. The number of hydrogen-bond acceptors (Lipinski definition) is 5. The Morgan fingerprint density at radius 1 is 1.19 bits per heavy atom. The Hall–Kier alpha value is -1.85. The fourth-order valence-electron chi connectivity index (χ4n) is 2.34. The molecule has 4 nitrogen and oxygen atoms in total. The number of hydrogen-bond donors (Lipinski definition) is 1. The van der Waals surface area contributed by atoms with E-state index in [0.29, 0.717) is 0 Å². The van der Waals surface area contributed by atoms with Crippen molar-refractivity contribution in [2.24, 2.45) is 0 Å². The zero-order valence-electron chi connectivity index (χ0n) is 12.5. The summed E-state index contributed by atoms with van der Waals surface area (Å²) in [6.45, 7) is 7.95. The van der Waals surface area contributed by atoms with E-state index in [1.807, 2.05) is 26.1 Å². The fraction of sp³-hybridized carbons (Fsp3) is 0.312. The lowest BCUT2D eigenvalue weighted by Gasteiger charge is -2.11. The lowest BCUT2D eigenvalue weighted by molar-refractivity contribution is 0.711. The third-order valence-corrected chi connectivity index (χ3v) is 4.39. The Labute approximate surface area is 128 Å². The van der Waals surface area contributed by atoms with Crippen molar-refractivity contribution in [1.29, 1.82) is 0 Å². The van der Waals surface area contributed by atoms with Crippen molar-refractivity contribution in [3.05, 3.63) is 40.7 Å². The number of aromatic nitrogens is 3. The van der Waals surface area contributed by atoms with Gasteiger partial charge in [0, 0.05) is 35.3 Å². The molecule has 0 aliphatic rings. The van der Waals surface area contributed by atoms with E-state index in [1.165, 1.54) is 10.3 Å². The number of fused-ring (bicyclic) bond motifs is 1. The van der Waals surface area contributed by atoms with Gasteiger partial charge in [0.25, 0.3) is 0 Å². The molecular formula is C16H18N4S. The molecule has 3 aromatic rings. The number of rotatable bonds is 4. The summed E-state index contributed by atoms with van der Waals surface area (Å²) < 4.78 is 1.17. The quantitative estimate of drug-likeness (QED) is 0.801. The Kier molecular flexibility index (Phi) is 3.94. The van der Waals surface area contributed by atoms with Gasteiger partial charge in [-0.25, -0.2) is 9.97 Å². The highest BCUT2D eigenvalue weighted by Crippen LogP contribution is 2.25. The second kappa shape index (κ2) is 5.87. The number of thiophene rings is 1. The van der Waals surface area contributed by atoms with Crippen LogP contribution in [0.5, 0.6) is 0 Å². The maximum atomic E-state index is 4.66. The molecule has 0 radical (unpaired) electrons. The smallest absolute Gasteiger partial charge is 0.161 e. The van der Waals surface area contributed by atoms with Crippen molar-refractivity contribution in [1.82, 2.24) is 20.3 Å². The van der Waals surface area contributed by atoms with Crippen LogP contribution in [0.4, 0.5) is 0 Å². The van der Waals surface area contributed by atoms with E-state index in [4.69, 9.17) is 0 Å². The van der Waals surface area contributed by atoms with Gasteiger partial charge in [-0.2, -0.15) is 0 Å². The summed E-state index contributed by atoms with van der Waals surface area (Å²) in [5.41, 5.74) is 5.26. The molecule has 3 aromatic heterocycles. The van der Waals surface area contributed by atoms with Crippen LogP contribution in [0, 0.1) is 13.8 Å².